The summed E-state index contributed by atoms with van der Waals surface area (Å²) < 4.78 is 10.5. The minimum atomic E-state index is -0.417. The lowest BCUT2D eigenvalue weighted by molar-refractivity contribution is -0.145. The molecule has 0 saturated heterocycles. The summed E-state index contributed by atoms with van der Waals surface area (Å²) in [5.74, 6) is 0.179. The van der Waals surface area contributed by atoms with Crippen LogP contribution in [-0.4, -0.2) is 37.4 Å². The monoisotopic (exact) mass is 359 g/mol. The van der Waals surface area contributed by atoms with Gasteiger partial charge in [0.05, 0.1) is 12.3 Å². The maximum atomic E-state index is 11.6. The third kappa shape index (κ3) is 7.76. The molecule has 0 radical (unpaired) electrons. The van der Waals surface area contributed by atoms with E-state index in [9.17, 15) is 9.59 Å². The lowest BCUT2D eigenvalue weighted by atomic mass is 10.2. The minimum absolute atomic E-state index is 0.174. The summed E-state index contributed by atoms with van der Waals surface area (Å²) >= 11 is 1.37. The second kappa shape index (κ2) is 10.4. The molecule has 1 amide bonds. The smallest absolute Gasteiger partial charge is 0.316 e. The second-order valence-electron chi connectivity index (χ2n) is 5.28. The number of thioether (sulfide) groups is 1. The molecule has 0 fully saturated rings. The van der Waals surface area contributed by atoms with Crippen LogP contribution in [0.25, 0.3) is 0 Å². The van der Waals surface area contributed by atoms with Crippen molar-refractivity contribution < 1.29 is 19.1 Å². The zero-order chi connectivity index (χ0) is 17.9. The Morgan fingerprint density at radius 3 is 2.64 bits per heavy atom. The van der Waals surface area contributed by atoms with E-state index in [2.05, 4.69) is 5.32 Å². The van der Waals surface area contributed by atoms with Gasteiger partial charge in [-0.25, -0.2) is 0 Å². The van der Waals surface area contributed by atoms with Crippen LogP contribution >= 0.6 is 11.8 Å². The molecule has 0 unspecified atom stereocenters. The fourth-order valence-corrected chi connectivity index (χ4v) is 2.68. The van der Waals surface area contributed by atoms with Crippen LogP contribution in [0.3, 0.4) is 0 Å². The van der Waals surface area contributed by atoms with Crippen molar-refractivity contribution in [3.05, 3.63) is 60.2 Å². The lowest BCUT2D eigenvalue weighted by Gasteiger charge is -2.09. The van der Waals surface area contributed by atoms with Gasteiger partial charge >= 0.3 is 5.97 Å². The number of carbonyl (C=O) groups excluding carboxylic acids is 2. The molecule has 2 aromatic rings. The Hall–Kier alpha value is -2.47. The van der Waals surface area contributed by atoms with Crippen molar-refractivity contribution in [1.82, 2.24) is 5.32 Å². The molecule has 1 N–H and O–H groups in total. The van der Waals surface area contributed by atoms with Crippen molar-refractivity contribution in [1.29, 1.82) is 0 Å². The molecule has 2 rings (SSSR count). The zero-order valence-corrected chi connectivity index (χ0v) is 14.9. The highest BCUT2D eigenvalue weighted by Crippen LogP contribution is 2.16. The van der Waals surface area contributed by atoms with E-state index in [1.807, 2.05) is 61.5 Å². The third-order valence-electron chi connectivity index (χ3n) is 3.15. The van der Waals surface area contributed by atoms with Gasteiger partial charge in [0.15, 0.2) is 6.61 Å². The van der Waals surface area contributed by atoms with Gasteiger partial charge in [-0.05, 0) is 36.8 Å². The molecule has 0 atom stereocenters. The molecule has 6 heteroatoms. The molecular formula is C19H21NO4S. The molecule has 0 aliphatic heterocycles. The van der Waals surface area contributed by atoms with E-state index < -0.39 is 5.97 Å². The van der Waals surface area contributed by atoms with E-state index in [1.54, 1.807) is 0 Å². The van der Waals surface area contributed by atoms with E-state index in [0.29, 0.717) is 13.2 Å². The summed E-state index contributed by atoms with van der Waals surface area (Å²) in [5, 5.41) is 2.65. The number of ether oxygens (including phenoxy) is 2. The maximum absolute atomic E-state index is 11.6. The summed E-state index contributed by atoms with van der Waals surface area (Å²) in [7, 11) is 0. The quantitative estimate of drug-likeness (QED) is 0.424. The van der Waals surface area contributed by atoms with Gasteiger partial charge in [0.1, 0.15) is 12.4 Å². The number of nitrogens with one attached hydrogen (secondary N) is 1. The Balaban J connectivity index is 1.55. The highest BCUT2D eigenvalue weighted by Gasteiger charge is 2.08. The van der Waals surface area contributed by atoms with Gasteiger partial charge < -0.3 is 14.8 Å². The number of esters is 1. The minimum Gasteiger partial charge on any atom is -0.492 e. The molecule has 25 heavy (non-hydrogen) atoms. The first kappa shape index (κ1) is 18.9. The van der Waals surface area contributed by atoms with Crippen LogP contribution in [0.5, 0.6) is 5.75 Å². The summed E-state index contributed by atoms with van der Waals surface area (Å²) in [5.41, 5.74) is 1.11. The molecular weight excluding hydrogens is 338 g/mol. The number of rotatable bonds is 9. The van der Waals surface area contributed by atoms with Crippen molar-refractivity contribution in [3.8, 4) is 5.75 Å². The Morgan fingerprint density at radius 2 is 1.88 bits per heavy atom. The van der Waals surface area contributed by atoms with Gasteiger partial charge in [-0.3, -0.25) is 9.59 Å². The van der Waals surface area contributed by atoms with Crippen LogP contribution in [-0.2, 0) is 14.3 Å². The van der Waals surface area contributed by atoms with Gasteiger partial charge in [-0.1, -0.05) is 30.3 Å². The summed E-state index contributed by atoms with van der Waals surface area (Å²) in [6.07, 6.45) is 0. The molecule has 0 aliphatic rings. The van der Waals surface area contributed by atoms with E-state index in [0.717, 1.165) is 16.2 Å². The molecule has 2 aromatic carbocycles. The molecule has 0 heterocycles. The van der Waals surface area contributed by atoms with Crippen LogP contribution in [0.2, 0.25) is 0 Å². The molecule has 0 bridgehead atoms. The van der Waals surface area contributed by atoms with E-state index in [-0.39, 0.29) is 18.3 Å². The first-order valence-corrected chi connectivity index (χ1v) is 8.91. The first-order valence-electron chi connectivity index (χ1n) is 7.93. The Kier molecular flexibility index (Phi) is 7.85. The number of benzene rings is 2. The molecule has 0 aliphatic carbocycles. The predicted molar refractivity (Wildman–Crippen MR) is 97.8 cm³/mol. The number of aryl methyl sites for hydroxylation is 1. The van der Waals surface area contributed by atoms with Crippen molar-refractivity contribution in [2.75, 3.05) is 25.5 Å². The highest BCUT2D eigenvalue weighted by atomic mass is 32.2. The number of hydrogen-bond donors (Lipinski definition) is 1. The van der Waals surface area contributed by atoms with Crippen LogP contribution in [0.4, 0.5) is 0 Å². The Bertz CT molecular complexity index is 691. The Morgan fingerprint density at radius 1 is 1.08 bits per heavy atom. The molecule has 0 saturated carbocycles. The van der Waals surface area contributed by atoms with Crippen molar-refractivity contribution in [2.24, 2.45) is 0 Å². The number of carbonyl (C=O) groups is 2. The summed E-state index contributed by atoms with van der Waals surface area (Å²) in [6, 6.07) is 17.2. The maximum Gasteiger partial charge on any atom is 0.316 e. The highest BCUT2D eigenvalue weighted by molar-refractivity contribution is 8.00. The van der Waals surface area contributed by atoms with Crippen molar-refractivity contribution >= 4 is 23.6 Å². The third-order valence-corrected chi connectivity index (χ3v) is 4.13. The molecule has 0 aromatic heterocycles. The zero-order valence-electron chi connectivity index (χ0n) is 14.1. The molecule has 132 valence electrons. The normalized spacial score (nSPS) is 10.1. The topological polar surface area (TPSA) is 64.6 Å². The van der Waals surface area contributed by atoms with Gasteiger partial charge in [-0.15, -0.1) is 11.8 Å². The van der Waals surface area contributed by atoms with Gasteiger partial charge in [0.25, 0.3) is 5.91 Å². The fraction of sp³-hybridized carbons (Fsp3) is 0.263. The van der Waals surface area contributed by atoms with Crippen molar-refractivity contribution in [2.45, 2.75) is 11.8 Å². The summed E-state index contributed by atoms with van der Waals surface area (Å²) in [4.78, 5) is 24.2. The first-order chi connectivity index (χ1) is 12.1. The molecule has 5 nitrogen and oxygen atoms in total. The average Bonchev–Trinajstić information content (AvgIpc) is 2.63. The van der Waals surface area contributed by atoms with E-state index in [1.165, 1.54) is 11.8 Å². The SMILES string of the molecule is Cc1cccc(OCCNC(=O)COC(=O)CSc2ccccc2)c1. The average molecular weight is 359 g/mol. The van der Waals surface area contributed by atoms with Crippen LogP contribution in [0.15, 0.2) is 59.5 Å². The fourth-order valence-electron chi connectivity index (χ4n) is 1.96. The predicted octanol–water partition coefficient (Wildman–Crippen LogP) is 2.83. The standard InChI is InChI=1S/C19H21NO4S/c1-15-6-5-7-16(12-15)23-11-10-20-18(21)13-24-19(22)14-25-17-8-3-2-4-9-17/h2-9,12H,10-11,13-14H2,1H3,(H,20,21). The van der Waals surface area contributed by atoms with Crippen molar-refractivity contribution in [3.63, 3.8) is 0 Å². The molecule has 0 spiro atoms. The van der Waals surface area contributed by atoms with E-state index in [4.69, 9.17) is 9.47 Å². The Labute approximate surface area is 151 Å². The van der Waals surface area contributed by atoms with Gasteiger partial charge in [0.2, 0.25) is 0 Å². The van der Waals surface area contributed by atoms with Gasteiger partial charge in [-0.2, -0.15) is 0 Å². The number of amides is 1. The van der Waals surface area contributed by atoms with Crippen LogP contribution in [0, 0.1) is 6.92 Å². The van der Waals surface area contributed by atoms with Crippen LogP contribution in [0.1, 0.15) is 5.56 Å². The van der Waals surface area contributed by atoms with Gasteiger partial charge in [0, 0.05) is 4.90 Å². The van der Waals surface area contributed by atoms with Crippen LogP contribution < -0.4 is 10.1 Å². The van der Waals surface area contributed by atoms with E-state index >= 15 is 0 Å². The second-order valence-corrected chi connectivity index (χ2v) is 6.33. The largest absolute Gasteiger partial charge is 0.492 e. The lowest BCUT2D eigenvalue weighted by Crippen LogP contribution is -2.32. The summed E-state index contributed by atoms with van der Waals surface area (Å²) in [6.45, 7) is 2.41. The number of hydrogen-bond acceptors (Lipinski definition) is 5.